The molecule has 0 saturated heterocycles. The molecule has 0 atom stereocenters. The fourth-order valence-corrected chi connectivity index (χ4v) is 2.29. The minimum Gasteiger partial charge on any atom is -0.476 e. The van der Waals surface area contributed by atoms with Crippen molar-refractivity contribution in [1.82, 2.24) is 4.98 Å². The van der Waals surface area contributed by atoms with E-state index in [2.05, 4.69) is 42.2 Å². The molecular weight excluding hydrogens is 399 g/mol. The minimum atomic E-state index is -1.16. The highest BCUT2D eigenvalue weighted by Crippen LogP contribution is 2.29. The van der Waals surface area contributed by atoms with Crippen LogP contribution in [-0.4, -0.2) is 16.1 Å². The van der Waals surface area contributed by atoms with Gasteiger partial charge in [0.1, 0.15) is 5.82 Å². The Morgan fingerprint density at radius 1 is 1.26 bits per heavy atom. The number of carboxylic acid groups (broad SMARTS) is 1. The van der Waals surface area contributed by atoms with E-state index in [1.54, 1.807) is 6.07 Å². The zero-order valence-electron chi connectivity index (χ0n) is 9.32. The molecular formula is C12H7Br2ClN2O2. The Morgan fingerprint density at radius 3 is 2.68 bits per heavy atom. The third-order valence-electron chi connectivity index (χ3n) is 2.24. The van der Waals surface area contributed by atoms with Crippen molar-refractivity contribution in [2.24, 2.45) is 0 Å². The molecule has 0 radical (unpaired) electrons. The molecule has 0 aliphatic carbocycles. The summed E-state index contributed by atoms with van der Waals surface area (Å²) in [4.78, 5) is 14.9. The van der Waals surface area contributed by atoms with Gasteiger partial charge in [-0.2, -0.15) is 0 Å². The van der Waals surface area contributed by atoms with Crippen LogP contribution in [0.5, 0.6) is 0 Å². The molecule has 7 heteroatoms. The Bertz CT molecular complexity index is 650. The SMILES string of the molecule is O=C(O)c1nc(Nc2cc(Br)ccc2Br)ccc1Cl. The molecule has 0 unspecified atom stereocenters. The number of hydrogen-bond donors (Lipinski definition) is 2. The van der Waals surface area contributed by atoms with Crippen molar-refractivity contribution in [1.29, 1.82) is 0 Å². The molecule has 0 spiro atoms. The zero-order chi connectivity index (χ0) is 14.0. The number of carbonyl (C=O) groups is 1. The number of halogens is 3. The maximum absolute atomic E-state index is 11.0. The number of nitrogens with one attached hydrogen (secondary N) is 1. The normalized spacial score (nSPS) is 10.3. The average Bonchev–Trinajstić information content (AvgIpc) is 2.36. The number of rotatable bonds is 3. The van der Waals surface area contributed by atoms with E-state index in [1.165, 1.54) is 6.07 Å². The summed E-state index contributed by atoms with van der Waals surface area (Å²) in [7, 11) is 0. The second-order valence-electron chi connectivity index (χ2n) is 3.58. The van der Waals surface area contributed by atoms with Gasteiger partial charge in [-0.15, -0.1) is 0 Å². The first kappa shape index (κ1) is 14.3. The van der Waals surface area contributed by atoms with E-state index in [4.69, 9.17) is 16.7 Å². The molecule has 0 amide bonds. The van der Waals surface area contributed by atoms with Crippen LogP contribution < -0.4 is 5.32 Å². The van der Waals surface area contributed by atoms with Crippen molar-refractivity contribution < 1.29 is 9.90 Å². The summed E-state index contributed by atoms with van der Waals surface area (Å²) in [6, 6.07) is 8.70. The fourth-order valence-electron chi connectivity index (χ4n) is 1.39. The van der Waals surface area contributed by atoms with Crippen LogP contribution >= 0.6 is 43.5 Å². The van der Waals surface area contributed by atoms with Gasteiger partial charge in [0.25, 0.3) is 0 Å². The summed E-state index contributed by atoms with van der Waals surface area (Å²) >= 11 is 12.5. The Morgan fingerprint density at radius 2 is 2.00 bits per heavy atom. The van der Waals surface area contributed by atoms with Gasteiger partial charge in [-0.25, -0.2) is 9.78 Å². The van der Waals surface area contributed by atoms with Crippen molar-refractivity contribution in [3.8, 4) is 0 Å². The number of nitrogens with zero attached hydrogens (tertiary/aromatic N) is 1. The van der Waals surface area contributed by atoms with Gasteiger partial charge in [-0.1, -0.05) is 27.5 Å². The lowest BCUT2D eigenvalue weighted by Crippen LogP contribution is -2.04. The van der Waals surface area contributed by atoms with Crippen LogP contribution in [-0.2, 0) is 0 Å². The number of carboxylic acids is 1. The molecule has 0 bridgehead atoms. The number of benzene rings is 1. The minimum absolute atomic E-state index is 0.103. The first-order valence-electron chi connectivity index (χ1n) is 5.09. The molecule has 2 rings (SSSR count). The van der Waals surface area contributed by atoms with Crippen molar-refractivity contribution in [3.63, 3.8) is 0 Å². The highest BCUT2D eigenvalue weighted by molar-refractivity contribution is 9.11. The predicted molar refractivity (Wildman–Crippen MR) is 81.3 cm³/mol. The lowest BCUT2D eigenvalue weighted by molar-refractivity contribution is 0.0691. The van der Waals surface area contributed by atoms with Gasteiger partial charge >= 0.3 is 5.97 Å². The largest absolute Gasteiger partial charge is 0.476 e. The lowest BCUT2D eigenvalue weighted by atomic mass is 10.3. The summed E-state index contributed by atoms with van der Waals surface area (Å²) in [5, 5.41) is 12.1. The average molecular weight is 406 g/mol. The quantitative estimate of drug-likeness (QED) is 0.776. The van der Waals surface area contributed by atoms with E-state index in [9.17, 15) is 4.79 Å². The second-order valence-corrected chi connectivity index (χ2v) is 5.76. The van der Waals surface area contributed by atoms with Crippen LogP contribution in [0.4, 0.5) is 11.5 Å². The van der Waals surface area contributed by atoms with Crippen molar-refractivity contribution in [2.75, 3.05) is 5.32 Å². The molecule has 0 fully saturated rings. The maximum atomic E-state index is 11.0. The molecule has 2 aromatic rings. The van der Waals surface area contributed by atoms with E-state index in [-0.39, 0.29) is 10.7 Å². The molecule has 1 aromatic carbocycles. The molecule has 98 valence electrons. The molecule has 4 nitrogen and oxygen atoms in total. The number of pyridine rings is 1. The maximum Gasteiger partial charge on any atom is 0.356 e. The van der Waals surface area contributed by atoms with Gasteiger partial charge in [0.2, 0.25) is 0 Å². The van der Waals surface area contributed by atoms with E-state index < -0.39 is 5.97 Å². The fraction of sp³-hybridized carbons (Fsp3) is 0. The van der Waals surface area contributed by atoms with Gasteiger partial charge in [0.15, 0.2) is 5.69 Å². The Labute approximate surface area is 131 Å². The summed E-state index contributed by atoms with van der Waals surface area (Å²) < 4.78 is 1.73. The van der Waals surface area contributed by atoms with Crippen molar-refractivity contribution >= 4 is 60.9 Å². The third-order valence-corrected chi connectivity index (χ3v) is 3.73. The van der Waals surface area contributed by atoms with Gasteiger partial charge in [-0.05, 0) is 46.3 Å². The first-order chi connectivity index (χ1) is 8.97. The zero-order valence-corrected chi connectivity index (χ0v) is 13.3. The van der Waals surface area contributed by atoms with E-state index >= 15 is 0 Å². The number of anilines is 2. The Balaban J connectivity index is 2.36. The van der Waals surface area contributed by atoms with Crippen LogP contribution in [0.1, 0.15) is 10.5 Å². The Kier molecular flexibility index (Phi) is 4.44. The molecule has 1 heterocycles. The third kappa shape index (κ3) is 3.46. The van der Waals surface area contributed by atoms with Crippen LogP contribution in [0.2, 0.25) is 5.02 Å². The van der Waals surface area contributed by atoms with Crippen LogP contribution in [0.15, 0.2) is 39.3 Å². The standard InChI is InChI=1S/C12H7Br2ClN2O2/c13-6-1-2-7(14)9(5-6)16-10-4-3-8(15)11(17-10)12(18)19/h1-5H,(H,16,17)(H,18,19). The van der Waals surface area contributed by atoms with Gasteiger partial charge in [0, 0.05) is 8.95 Å². The lowest BCUT2D eigenvalue weighted by Gasteiger charge is -2.09. The molecule has 2 N–H and O–H groups in total. The van der Waals surface area contributed by atoms with E-state index in [0.717, 1.165) is 14.6 Å². The highest BCUT2D eigenvalue weighted by atomic mass is 79.9. The summed E-state index contributed by atoms with van der Waals surface area (Å²) in [6.45, 7) is 0. The van der Waals surface area contributed by atoms with Crippen molar-refractivity contribution in [2.45, 2.75) is 0 Å². The summed E-state index contributed by atoms with van der Waals surface area (Å²) in [5.74, 6) is -0.762. The monoisotopic (exact) mass is 404 g/mol. The van der Waals surface area contributed by atoms with Gasteiger partial charge in [0.05, 0.1) is 10.7 Å². The molecule has 0 saturated carbocycles. The number of aromatic nitrogens is 1. The second kappa shape index (κ2) is 5.90. The molecule has 0 aliphatic heterocycles. The molecule has 0 aliphatic rings. The number of hydrogen-bond acceptors (Lipinski definition) is 3. The molecule has 19 heavy (non-hydrogen) atoms. The topological polar surface area (TPSA) is 62.2 Å². The van der Waals surface area contributed by atoms with Crippen molar-refractivity contribution in [3.05, 3.63) is 50.0 Å². The Hall–Kier alpha value is -1.11. The smallest absolute Gasteiger partial charge is 0.356 e. The highest BCUT2D eigenvalue weighted by Gasteiger charge is 2.12. The van der Waals surface area contributed by atoms with Gasteiger partial charge < -0.3 is 10.4 Å². The van der Waals surface area contributed by atoms with E-state index in [1.807, 2.05) is 18.2 Å². The van der Waals surface area contributed by atoms with E-state index in [0.29, 0.717) is 5.82 Å². The van der Waals surface area contributed by atoms with Crippen LogP contribution in [0.3, 0.4) is 0 Å². The molecule has 1 aromatic heterocycles. The van der Waals surface area contributed by atoms with Gasteiger partial charge in [-0.3, -0.25) is 0 Å². The van der Waals surface area contributed by atoms with Crippen LogP contribution in [0, 0.1) is 0 Å². The predicted octanol–water partition coefficient (Wildman–Crippen LogP) is 4.70. The summed E-state index contributed by atoms with van der Waals surface area (Å²) in [6.07, 6.45) is 0. The summed E-state index contributed by atoms with van der Waals surface area (Å²) in [5.41, 5.74) is 0.582. The number of aromatic carboxylic acids is 1. The van der Waals surface area contributed by atoms with Crippen LogP contribution in [0.25, 0.3) is 0 Å². The first-order valence-corrected chi connectivity index (χ1v) is 7.05.